The molecule has 2 aromatic rings. The maximum atomic E-state index is 10.5. The number of hydrogen-bond acceptors (Lipinski definition) is 5. The first-order chi connectivity index (χ1) is 7.72. The number of rotatable bonds is 1. The van der Waals surface area contributed by atoms with Crippen molar-refractivity contribution in [3.8, 4) is 0 Å². The van der Waals surface area contributed by atoms with Gasteiger partial charge in [-0.25, -0.2) is 0 Å². The van der Waals surface area contributed by atoms with E-state index >= 15 is 0 Å². The topological polar surface area (TPSA) is 101 Å². The van der Waals surface area contributed by atoms with Crippen LogP contribution in [0.1, 0.15) is 23.0 Å². The Balaban J connectivity index is 2.10. The van der Waals surface area contributed by atoms with E-state index in [0.29, 0.717) is 6.42 Å². The fourth-order valence-corrected chi connectivity index (χ4v) is 2.22. The maximum Gasteiger partial charge on any atom is 0.208 e. The number of H-pyrrole nitrogens is 1. The first-order valence-electron chi connectivity index (χ1n) is 5.01. The van der Waals surface area contributed by atoms with E-state index in [1.807, 2.05) is 24.3 Å². The molecule has 4 N–H and O–H groups in total. The number of benzene rings is 1. The van der Waals surface area contributed by atoms with Crippen LogP contribution in [0.5, 0.6) is 0 Å². The quantitative estimate of drug-likeness (QED) is 0.605. The van der Waals surface area contributed by atoms with E-state index in [2.05, 4.69) is 20.6 Å². The van der Waals surface area contributed by atoms with Gasteiger partial charge in [-0.05, 0) is 11.1 Å². The van der Waals surface area contributed by atoms with Crippen molar-refractivity contribution < 1.29 is 5.11 Å². The van der Waals surface area contributed by atoms with E-state index in [1.165, 1.54) is 0 Å². The lowest BCUT2D eigenvalue weighted by atomic mass is 9.95. The van der Waals surface area contributed by atoms with Crippen LogP contribution in [-0.4, -0.2) is 25.7 Å². The SMILES string of the molecule is NC1c2ccccc2C[C@]1(O)c1nn[nH]n1. The van der Waals surface area contributed by atoms with Crippen molar-refractivity contribution in [2.45, 2.75) is 18.1 Å². The maximum absolute atomic E-state index is 10.5. The van der Waals surface area contributed by atoms with Crippen LogP contribution in [0.3, 0.4) is 0 Å². The molecule has 6 nitrogen and oxygen atoms in total. The predicted octanol–water partition coefficient (Wildman–Crippen LogP) is -0.357. The monoisotopic (exact) mass is 217 g/mol. The molecule has 2 atom stereocenters. The number of aromatic nitrogens is 4. The third-order valence-electron chi connectivity index (χ3n) is 3.10. The Hall–Kier alpha value is -1.79. The molecule has 1 aliphatic rings. The van der Waals surface area contributed by atoms with Gasteiger partial charge in [-0.3, -0.25) is 0 Å². The second kappa shape index (κ2) is 3.10. The lowest BCUT2D eigenvalue weighted by Gasteiger charge is -2.23. The van der Waals surface area contributed by atoms with E-state index in [9.17, 15) is 5.11 Å². The summed E-state index contributed by atoms with van der Waals surface area (Å²) in [5, 5.41) is 24.0. The zero-order valence-corrected chi connectivity index (χ0v) is 8.46. The fraction of sp³-hybridized carbons (Fsp3) is 0.300. The minimum absolute atomic E-state index is 0.246. The molecule has 16 heavy (non-hydrogen) atoms. The highest BCUT2D eigenvalue weighted by molar-refractivity contribution is 5.40. The van der Waals surface area contributed by atoms with Crippen molar-refractivity contribution in [3.05, 3.63) is 41.2 Å². The minimum atomic E-state index is -1.25. The number of aliphatic hydroxyl groups is 1. The summed E-state index contributed by atoms with van der Waals surface area (Å²) >= 11 is 0. The Kier molecular flexibility index (Phi) is 1.83. The summed E-state index contributed by atoms with van der Waals surface area (Å²) < 4.78 is 0. The van der Waals surface area contributed by atoms with Crippen LogP contribution < -0.4 is 5.73 Å². The van der Waals surface area contributed by atoms with Gasteiger partial charge in [-0.15, -0.1) is 10.2 Å². The molecule has 82 valence electrons. The molecule has 0 fully saturated rings. The third-order valence-corrected chi connectivity index (χ3v) is 3.10. The first kappa shape index (κ1) is 9.44. The zero-order chi connectivity index (χ0) is 11.2. The molecule has 1 aromatic heterocycles. The Bertz CT molecular complexity index is 512. The highest BCUT2D eigenvalue weighted by atomic mass is 16.3. The summed E-state index contributed by atoms with van der Waals surface area (Å²) in [4.78, 5) is 0. The van der Waals surface area contributed by atoms with Crippen molar-refractivity contribution in [1.82, 2.24) is 20.6 Å². The standard InChI is InChI=1S/C10H11N5O/c11-8-7-4-2-1-3-6(7)5-10(8,16)9-12-14-15-13-9/h1-4,8,16H,5,11H2,(H,12,13,14,15)/t8?,10-/m1/s1. The van der Waals surface area contributed by atoms with Crippen LogP contribution in [0.2, 0.25) is 0 Å². The number of hydrogen-bond donors (Lipinski definition) is 3. The molecular formula is C10H11N5O. The van der Waals surface area contributed by atoms with Crippen LogP contribution in [-0.2, 0) is 12.0 Å². The molecule has 0 radical (unpaired) electrons. The van der Waals surface area contributed by atoms with Gasteiger partial charge in [0.1, 0.15) is 0 Å². The highest BCUT2D eigenvalue weighted by Gasteiger charge is 2.47. The van der Waals surface area contributed by atoms with Crippen molar-refractivity contribution in [2.75, 3.05) is 0 Å². The van der Waals surface area contributed by atoms with Gasteiger partial charge in [-0.2, -0.15) is 5.21 Å². The number of nitrogens with zero attached hydrogens (tertiary/aromatic N) is 3. The van der Waals surface area contributed by atoms with Crippen LogP contribution in [0.15, 0.2) is 24.3 Å². The van der Waals surface area contributed by atoms with Gasteiger partial charge in [0.25, 0.3) is 0 Å². The molecule has 0 saturated carbocycles. The van der Waals surface area contributed by atoms with Gasteiger partial charge in [0.2, 0.25) is 5.82 Å². The smallest absolute Gasteiger partial charge is 0.208 e. The molecule has 1 unspecified atom stereocenters. The summed E-state index contributed by atoms with van der Waals surface area (Å²) in [6.45, 7) is 0. The Morgan fingerprint density at radius 2 is 2.25 bits per heavy atom. The van der Waals surface area contributed by atoms with Crippen molar-refractivity contribution in [3.63, 3.8) is 0 Å². The molecule has 0 saturated heterocycles. The predicted molar refractivity (Wildman–Crippen MR) is 55.1 cm³/mol. The van der Waals surface area contributed by atoms with Gasteiger partial charge in [-0.1, -0.05) is 29.5 Å². The normalized spacial score (nSPS) is 28.0. The van der Waals surface area contributed by atoms with Crippen LogP contribution >= 0.6 is 0 Å². The van der Waals surface area contributed by atoms with Crippen molar-refractivity contribution in [2.24, 2.45) is 5.73 Å². The fourth-order valence-electron chi connectivity index (χ4n) is 2.22. The summed E-state index contributed by atoms with van der Waals surface area (Å²) in [6.07, 6.45) is 0.421. The van der Waals surface area contributed by atoms with E-state index in [-0.39, 0.29) is 5.82 Å². The molecule has 1 aromatic carbocycles. The van der Waals surface area contributed by atoms with Crippen molar-refractivity contribution in [1.29, 1.82) is 0 Å². The average Bonchev–Trinajstić information content (AvgIpc) is 2.89. The molecule has 6 heteroatoms. The second-order valence-corrected chi connectivity index (χ2v) is 4.01. The van der Waals surface area contributed by atoms with Gasteiger partial charge >= 0.3 is 0 Å². The zero-order valence-electron chi connectivity index (χ0n) is 8.46. The molecular weight excluding hydrogens is 206 g/mol. The molecule has 0 spiro atoms. The lowest BCUT2D eigenvalue weighted by molar-refractivity contribution is 0.0123. The number of aromatic amines is 1. The van der Waals surface area contributed by atoms with Crippen LogP contribution in [0, 0.1) is 0 Å². The summed E-state index contributed by atoms with van der Waals surface area (Å²) in [5.74, 6) is 0.246. The van der Waals surface area contributed by atoms with Gasteiger partial charge in [0.05, 0.1) is 6.04 Å². The highest BCUT2D eigenvalue weighted by Crippen LogP contribution is 2.42. The number of nitrogens with two attached hydrogens (primary N) is 1. The number of fused-ring (bicyclic) bond motifs is 1. The average molecular weight is 217 g/mol. The molecule has 0 bridgehead atoms. The third kappa shape index (κ3) is 1.11. The van der Waals surface area contributed by atoms with Crippen molar-refractivity contribution >= 4 is 0 Å². The summed E-state index contributed by atoms with van der Waals surface area (Å²) in [5.41, 5.74) is 6.76. The largest absolute Gasteiger partial charge is 0.379 e. The minimum Gasteiger partial charge on any atom is -0.379 e. The van der Waals surface area contributed by atoms with Gasteiger partial charge < -0.3 is 10.8 Å². The summed E-state index contributed by atoms with van der Waals surface area (Å²) in [6, 6.07) is 7.18. The van der Waals surface area contributed by atoms with Gasteiger partial charge in [0.15, 0.2) is 5.60 Å². The second-order valence-electron chi connectivity index (χ2n) is 4.01. The van der Waals surface area contributed by atoms with Crippen LogP contribution in [0.4, 0.5) is 0 Å². The van der Waals surface area contributed by atoms with E-state index < -0.39 is 11.6 Å². The van der Waals surface area contributed by atoms with E-state index in [4.69, 9.17) is 5.73 Å². The van der Waals surface area contributed by atoms with E-state index in [1.54, 1.807) is 0 Å². The Labute approximate surface area is 91.5 Å². The Morgan fingerprint density at radius 3 is 2.94 bits per heavy atom. The Morgan fingerprint density at radius 1 is 1.44 bits per heavy atom. The molecule has 1 aliphatic carbocycles. The first-order valence-corrected chi connectivity index (χ1v) is 5.01. The number of tetrazole rings is 1. The molecule has 3 rings (SSSR count). The van der Waals surface area contributed by atoms with E-state index in [0.717, 1.165) is 11.1 Å². The molecule has 1 heterocycles. The summed E-state index contributed by atoms with van der Waals surface area (Å²) in [7, 11) is 0. The van der Waals surface area contributed by atoms with Crippen LogP contribution in [0.25, 0.3) is 0 Å². The molecule has 0 amide bonds. The van der Waals surface area contributed by atoms with Gasteiger partial charge in [0, 0.05) is 6.42 Å². The molecule has 0 aliphatic heterocycles. The number of nitrogens with one attached hydrogen (secondary N) is 1. The lowest BCUT2D eigenvalue weighted by Crippen LogP contribution is -2.37.